The molecule has 4 heteroatoms. The average molecular weight is 219 g/mol. The molecular formula is C10H15ClO3. The molecule has 0 aliphatic heterocycles. The van der Waals surface area contributed by atoms with E-state index in [0.717, 1.165) is 0 Å². The van der Waals surface area contributed by atoms with Gasteiger partial charge in [0.2, 0.25) is 0 Å². The molecule has 0 heterocycles. The highest BCUT2D eigenvalue weighted by atomic mass is 35.5. The van der Waals surface area contributed by atoms with E-state index in [4.69, 9.17) is 16.3 Å². The Morgan fingerprint density at radius 1 is 1.43 bits per heavy atom. The summed E-state index contributed by atoms with van der Waals surface area (Å²) in [5.41, 5.74) is -1.38. The number of hydrogen-bond donors (Lipinski definition) is 0. The van der Waals surface area contributed by atoms with Gasteiger partial charge in [-0.25, -0.2) is 0 Å². The molecule has 0 amide bonds. The molecule has 1 unspecified atom stereocenters. The fraction of sp³-hybridized carbons (Fsp3) is 0.600. The average Bonchev–Trinajstić information content (AvgIpc) is 2.05. The van der Waals surface area contributed by atoms with Crippen LogP contribution in [0.15, 0.2) is 11.6 Å². The van der Waals surface area contributed by atoms with E-state index >= 15 is 0 Å². The molecule has 0 N–H and O–H groups in total. The topological polar surface area (TPSA) is 43.4 Å². The fourth-order valence-corrected chi connectivity index (χ4v) is 1.63. The minimum absolute atomic E-state index is 0.0194. The number of carbonyl (C=O) groups is 2. The summed E-state index contributed by atoms with van der Waals surface area (Å²) in [4.78, 5) is 23.0. The van der Waals surface area contributed by atoms with Crippen LogP contribution in [0.5, 0.6) is 0 Å². The van der Waals surface area contributed by atoms with Gasteiger partial charge in [-0.3, -0.25) is 9.59 Å². The Balaban J connectivity index is 5.14. The zero-order chi connectivity index (χ0) is 11.4. The lowest BCUT2D eigenvalue weighted by Crippen LogP contribution is -2.39. The molecule has 0 fully saturated rings. The van der Waals surface area contributed by atoms with E-state index in [-0.39, 0.29) is 23.8 Å². The molecule has 0 aliphatic rings. The Bertz CT molecular complexity index is 244. The van der Waals surface area contributed by atoms with Crippen molar-refractivity contribution in [3.63, 3.8) is 0 Å². The monoisotopic (exact) mass is 218 g/mol. The van der Waals surface area contributed by atoms with Crippen LogP contribution >= 0.6 is 11.6 Å². The van der Waals surface area contributed by atoms with Crippen molar-refractivity contribution >= 4 is 23.4 Å². The maximum Gasteiger partial charge on any atom is 0.325 e. The Kier molecular flexibility index (Phi) is 4.85. The van der Waals surface area contributed by atoms with Crippen molar-refractivity contribution < 1.29 is 14.3 Å². The number of esters is 1. The smallest absolute Gasteiger partial charge is 0.325 e. The van der Waals surface area contributed by atoms with Gasteiger partial charge >= 0.3 is 5.97 Å². The maximum atomic E-state index is 11.6. The second kappa shape index (κ2) is 5.15. The Morgan fingerprint density at radius 3 is 2.14 bits per heavy atom. The van der Waals surface area contributed by atoms with E-state index in [0.29, 0.717) is 0 Å². The van der Waals surface area contributed by atoms with Gasteiger partial charge in [0, 0.05) is 5.03 Å². The van der Waals surface area contributed by atoms with Crippen molar-refractivity contribution in [3.05, 3.63) is 11.6 Å². The lowest BCUT2D eigenvalue weighted by molar-refractivity contribution is -0.156. The Hall–Kier alpha value is -0.830. The van der Waals surface area contributed by atoms with Crippen LogP contribution in [-0.2, 0) is 14.3 Å². The largest absolute Gasteiger partial charge is 0.465 e. The summed E-state index contributed by atoms with van der Waals surface area (Å²) in [6.45, 7) is 8.38. The maximum absolute atomic E-state index is 11.6. The van der Waals surface area contributed by atoms with E-state index in [9.17, 15) is 9.59 Å². The predicted octanol–water partition coefficient (Wildman–Crippen LogP) is 2.29. The first-order valence-corrected chi connectivity index (χ1v) is 4.84. The Morgan fingerprint density at radius 2 is 1.93 bits per heavy atom. The van der Waals surface area contributed by atoms with Gasteiger partial charge in [-0.05, 0) is 20.3 Å². The van der Waals surface area contributed by atoms with E-state index in [1.165, 1.54) is 6.92 Å². The number of hydrogen-bond acceptors (Lipinski definition) is 3. The third-order valence-corrected chi connectivity index (χ3v) is 2.54. The van der Waals surface area contributed by atoms with Crippen molar-refractivity contribution in [1.82, 2.24) is 0 Å². The van der Waals surface area contributed by atoms with Crippen molar-refractivity contribution in [3.8, 4) is 0 Å². The normalized spacial score (nSPS) is 14.3. The highest BCUT2D eigenvalue weighted by molar-refractivity contribution is 6.34. The minimum atomic E-state index is -1.38. The minimum Gasteiger partial charge on any atom is -0.465 e. The first-order valence-electron chi connectivity index (χ1n) is 4.46. The van der Waals surface area contributed by atoms with E-state index in [1.54, 1.807) is 13.8 Å². The molecule has 0 aromatic rings. The van der Waals surface area contributed by atoms with Gasteiger partial charge in [0.25, 0.3) is 0 Å². The van der Waals surface area contributed by atoms with Crippen molar-refractivity contribution in [2.45, 2.75) is 27.2 Å². The van der Waals surface area contributed by atoms with Crippen molar-refractivity contribution in [2.24, 2.45) is 5.41 Å². The first kappa shape index (κ1) is 13.2. The Labute approximate surface area is 89.1 Å². The van der Waals surface area contributed by atoms with E-state index in [2.05, 4.69) is 6.58 Å². The molecule has 0 saturated heterocycles. The van der Waals surface area contributed by atoms with E-state index in [1.807, 2.05) is 0 Å². The highest BCUT2D eigenvalue weighted by Gasteiger charge is 2.45. The molecule has 0 aliphatic carbocycles. The van der Waals surface area contributed by atoms with Crippen LogP contribution in [0, 0.1) is 5.41 Å². The summed E-state index contributed by atoms with van der Waals surface area (Å²) in [6, 6.07) is 0. The molecule has 0 radical (unpaired) electrons. The molecule has 3 nitrogen and oxygen atoms in total. The van der Waals surface area contributed by atoms with Crippen LogP contribution in [0.4, 0.5) is 0 Å². The highest BCUT2D eigenvalue weighted by Crippen LogP contribution is 2.35. The molecule has 1 atom stereocenters. The van der Waals surface area contributed by atoms with Gasteiger partial charge in [0.05, 0.1) is 6.61 Å². The van der Waals surface area contributed by atoms with Crippen molar-refractivity contribution in [1.29, 1.82) is 0 Å². The van der Waals surface area contributed by atoms with Crippen LogP contribution in [0.2, 0.25) is 0 Å². The molecule has 0 aromatic carbocycles. The third-order valence-electron chi connectivity index (χ3n) is 2.22. The molecular weight excluding hydrogens is 204 g/mol. The summed E-state index contributed by atoms with van der Waals surface area (Å²) in [7, 11) is 0. The SMILES string of the molecule is C=C(Cl)C(CC)(C(C)=O)C(=O)OCC. The zero-order valence-electron chi connectivity index (χ0n) is 8.72. The summed E-state index contributed by atoms with van der Waals surface area (Å²) in [6.07, 6.45) is 0.267. The van der Waals surface area contributed by atoms with Gasteiger partial charge in [-0.2, -0.15) is 0 Å². The predicted molar refractivity (Wildman–Crippen MR) is 55.0 cm³/mol. The molecule has 14 heavy (non-hydrogen) atoms. The number of ether oxygens (including phenoxy) is 1. The quantitative estimate of drug-likeness (QED) is 0.525. The third kappa shape index (κ3) is 2.15. The van der Waals surface area contributed by atoms with E-state index < -0.39 is 11.4 Å². The fourth-order valence-electron chi connectivity index (χ4n) is 1.28. The van der Waals surface area contributed by atoms with Crippen molar-refractivity contribution in [2.75, 3.05) is 6.61 Å². The van der Waals surface area contributed by atoms with Gasteiger partial charge in [0.1, 0.15) is 0 Å². The number of ketones is 1. The summed E-state index contributed by atoms with van der Waals surface area (Å²) < 4.78 is 4.82. The number of halogens is 1. The molecule has 0 aromatic heterocycles. The second-order valence-electron chi connectivity index (χ2n) is 2.94. The van der Waals surface area contributed by atoms with Gasteiger partial charge < -0.3 is 4.74 Å². The molecule has 80 valence electrons. The van der Waals surface area contributed by atoms with Crippen LogP contribution in [0.25, 0.3) is 0 Å². The van der Waals surface area contributed by atoms with Crippen LogP contribution < -0.4 is 0 Å². The van der Waals surface area contributed by atoms with Crippen LogP contribution in [0.3, 0.4) is 0 Å². The first-order chi connectivity index (χ1) is 6.43. The second-order valence-corrected chi connectivity index (χ2v) is 3.40. The van der Waals surface area contributed by atoms with Gasteiger partial charge in [-0.1, -0.05) is 25.1 Å². The lowest BCUT2D eigenvalue weighted by Gasteiger charge is -2.26. The summed E-state index contributed by atoms with van der Waals surface area (Å²) in [5, 5.41) is 0.0194. The molecule has 0 bridgehead atoms. The molecule has 0 spiro atoms. The number of Topliss-reactive ketones (excluding diaryl/α,β-unsaturated/α-hetero) is 1. The van der Waals surface area contributed by atoms with Crippen LogP contribution in [0.1, 0.15) is 27.2 Å². The van der Waals surface area contributed by atoms with Gasteiger partial charge in [0.15, 0.2) is 11.2 Å². The van der Waals surface area contributed by atoms with Gasteiger partial charge in [-0.15, -0.1) is 0 Å². The summed E-state index contributed by atoms with van der Waals surface area (Å²) in [5.74, 6) is -0.951. The number of rotatable bonds is 5. The molecule has 0 rings (SSSR count). The van der Waals surface area contributed by atoms with Crippen LogP contribution in [-0.4, -0.2) is 18.4 Å². The lowest BCUT2D eigenvalue weighted by atomic mass is 9.81. The molecule has 0 saturated carbocycles. The zero-order valence-corrected chi connectivity index (χ0v) is 9.48. The summed E-state index contributed by atoms with van der Waals surface area (Å²) >= 11 is 5.71. The number of carbonyl (C=O) groups excluding carboxylic acids is 2. The standard InChI is InChI=1S/C10H15ClO3/c1-5-10(7(3)11,8(4)12)9(13)14-6-2/h3,5-6H2,1-2,4H3.